The smallest absolute Gasteiger partial charge is 0.337 e. The molecule has 154 valence electrons. The van der Waals surface area contributed by atoms with E-state index in [0.29, 0.717) is 5.69 Å². The van der Waals surface area contributed by atoms with E-state index in [1.165, 1.54) is 61.7 Å². The fourth-order valence-corrected chi connectivity index (χ4v) is 3.49. The Bertz CT molecular complexity index is 1180. The number of carbonyl (C=O) groups is 2. The average Bonchev–Trinajstić information content (AvgIpc) is 2.75. The molecule has 9 nitrogen and oxygen atoms in total. The topological polar surface area (TPSA) is 127 Å². The van der Waals surface area contributed by atoms with E-state index in [0.717, 1.165) is 0 Å². The molecule has 0 saturated carbocycles. The minimum Gasteiger partial charge on any atom is -0.465 e. The third-order valence-electron chi connectivity index (χ3n) is 3.84. The number of halogens is 1. The van der Waals surface area contributed by atoms with E-state index in [9.17, 15) is 18.0 Å². The molecule has 1 aromatic heterocycles. The van der Waals surface area contributed by atoms with E-state index >= 15 is 0 Å². The normalized spacial score (nSPS) is 10.9. The number of carbonyl (C=O) groups excluding carboxylic acids is 2. The minimum atomic E-state index is -3.90. The molecule has 1 heterocycles. The molecule has 11 heteroatoms. The fraction of sp³-hybridized carbons (Fsp3) is 0.0526. The number of benzene rings is 2. The second-order valence-electron chi connectivity index (χ2n) is 5.90. The molecule has 0 atom stereocenters. The SMILES string of the molecule is COC(=O)c1cccc(C(=O)Nc2ccc(S(=O)(=O)Nc3ccc(Cl)nn3)cc2)c1. The quantitative estimate of drug-likeness (QED) is 0.557. The Morgan fingerprint density at radius 1 is 0.967 bits per heavy atom. The van der Waals surface area contributed by atoms with E-state index in [4.69, 9.17) is 11.6 Å². The minimum absolute atomic E-state index is 0.0160. The third-order valence-corrected chi connectivity index (χ3v) is 5.41. The van der Waals surface area contributed by atoms with Gasteiger partial charge >= 0.3 is 5.97 Å². The van der Waals surface area contributed by atoms with Gasteiger partial charge in [-0.05, 0) is 54.6 Å². The third kappa shape index (κ3) is 5.10. The Hall–Kier alpha value is -3.50. The van der Waals surface area contributed by atoms with E-state index < -0.39 is 21.9 Å². The monoisotopic (exact) mass is 446 g/mol. The molecule has 0 bridgehead atoms. The van der Waals surface area contributed by atoms with E-state index in [-0.39, 0.29) is 27.0 Å². The van der Waals surface area contributed by atoms with Crippen molar-refractivity contribution in [3.05, 3.63) is 76.9 Å². The van der Waals surface area contributed by atoms with Crippen LogP contribution in [0.25, 0.3) is 0 Å². The molecule has 3 rings (SSSR count). The number of nitrogens with one attached hydrogen (secondary N) is 2. The van der Waals surface area contributed by atoms with Gasteiger partial charge in [-0.1, -0.05) is 17.7 Å². The van der Waals surface area contributed by atoms with Gasteiger partial charge in [0.2, 0.25) is 0 Å². The largest absolute Gasteiger partial charge is 0.465 e. The molecule has 0 radical (unpaired) electrons. The molecule has 30 heavy (non-hydrogen) atoms. The van der Waals surface area contributed by atoms with Crippen molar-refractivity contribution < 1.29 is 22.7 Å². The molecular weight excluding hydrogens is 432 g/mol. The van der Waals surface area contributed by atoms with E-state index in [1.807, 2.05) is 0 Å². The second kappa shape index (κ2) is 8.89. The summed E-state index contributed by atoms with van der Waals surface area (Å²) in [6.45, 7) is 0. The van der Waals surface area contributed by atoms with Crippen LogP contribution in [0.3, 0.4) is 0 Å². The van der Waals surface area contributed by atoms with Crippen LogP contribution >= 0.6 is 11.6 Å². The molecule has 0 aliphatic heterocycles. The molecular formula is C19H15ClN4O5S. The molecule has 0 spiro atoms. The van der Waals surface area contributed by atoms with Gasteiger partial charge < -0.3 is 10.1 Å². The molecule has 0 unspecified atom stereocenters. The number of anilines is 2. The zero-order valence-corrected chi connectivity index (χ0v) is 17.1. The van der Waals surface area contributed by atoms with Crippen molar-refractivity contribution in [2.75, 3.05) is 17.1 Å². The summed E-state index contributed by atoms with van der Waals surface area (Å²) in [5.74, 6) is -1.01. The first kappa shape index (κ1) is 21.2. The zero-order valence-electron chi connectivity index (χ0n) is 15.5. The summed E-state index contributed by atoms with van der Waals surface area (Å²) in [4.78, 5) is 24.0. The van der Waals surface area contributed by atoms with Crippen LogP contribution in [0.15, 0.2) is 65.6 Å². The van der Waals surface area contributed by atoms with Gasteiger partial charge in [0.25, 0.3) is 15.9 Å². The van der Waals surface area contributed by atoms with Crippen LogP contribution in [0, 0.1) is 0 Å². The van der Waals surface area contributed by atoms with E-state index in [2.05, 4.69) is 25.0 Å². The first-order chi connectivity index (χ1) is 14.3. The summed E-state index contributed by atoms with van der Waals surface area (Å²) < 4.78 is 31.8. The van der Waals surface area contributed by atoms with Gasteiger partial charge in [-0.25, -0.2) is 13.2 Å². The van der Waals surface area contributed by atoms with Crippen LogP contribution in [-0.2, 0) is 14.8 Å². The van der Waals surface area contributed by atoms with Crippen LogP contribution in [-0.4, -0.2) is 37.6 Å². The highest BCUT2D eigenvalue weighted by molar-refractivity contribution is 7.92. The molecule has 0 saturated heterocycles. The summed E-state index contributed by atoms with van der Waals surface area (Å²) >= 11 is 5.63. The Morgan fingerprint density at radius 3 is 2.30 bits per heavy atom. The number of ether oxygens (including phenoxy) is 1. The molecule has 0 fully saturated rings. The standard InChI is InChI=1S/C19H15ClN4O5S/c1-29-19(26)13-4-2-3-12(11-13)18(25)21-14-5-7-15(8-6-14)30(27,28)24-17-10-9-16(20)22-23-17/h2-11H,1H3,(H,21,25)(H,23,24). The van der Waals surface area contributed by atoms with Gasteiger partial charge in [0.05, 0.1) is 17.6 Å². The number of hydrogen-bond acceptors (Lipinski definition) is 7. The number of amides is 1. The van der Waals surface area contributed by atoms with Crippen molar-refractivity contribution >= 4 is 45.0 Å². The molecule has 3 aromatic rings. The van der Waals surface area contributed by atoms with Gasteiger partial charge in [0.15, 0.2) is 11.0 Å². The maximum absolute atomic E-state index is 12.4. The van der Waals surface area contributed by atoms with E-state index in [1.54, 1.807) is 6.07 Å². The predicted molar refractivity (Wildman–Crippen MR) is 110 cm³/mol. The highest BCUT2D eigenvalue weighted by Crippen LogP contribution is 2.18. The predicted octanol–water partition coefficient (Wildman–Crippen LogP) is 2.97. The van der Waals surface area contributed by atoms with Crippen molar-refractivity contribution in [1.82, 2.24) is 10.2 Å². The molecule has 0 aliphatic rings. The van der Waals surface area contributed by atoms with Gasteiger partial charge in [-0.15, -0.1) is 10.2 Å². The molecule has 2 aromatic carbocycles. The van der Waals surface area contributed by atoms with Crippen molar-refractivity contribution in [1.29, 1.82) is 0 Å². The van der Waals surface area contributed by atoms with Crippen molar-refractivity contribution in [2.45, 2.75) is 4.90 Å². The number of rotatable bonds is 6. The second-order valence-corrected chi connectivity index (χ2v) is 7.97. The highest BCUT2D eigenvalue weighted by Gasteiger charge is 2.16. The summed E-state index contributed by atoms with van der Waals surface area (Å²) in [6.07, 6.45) is 0. The van der Waals surface area contributed by atoms with Crippen molar-refractivity contribution in [3.8, 4) is 0 Å². The maximum Gasteiger partial charge on any atom is 0.337 e. The summed E-state index contributed by atoms with van der Waals surface area (Å²) in [5, 5.41) is 9.98. The summed E-state index contributed by atoms with van der Waals surface area (Å²) in [5.41, 5.74) is 0.856. The van der Waals surface area contributed by atoms with Crippen molar-refractivity contribution in [2.24, 2.45) is 0 Å². The lowest BCUT2D eigenvalue weighted by molar-refractivity contribution is 0.0600. The number of aromatic nitrogens is 2. The van der Waals surface area contributed by atoms with Gasteiger partial charge in [-0.2, -0.15) is 0 Å². The van der Waals surface area contributed by atoms with Crippen LogP contribution < -0.4 is 10.0 Å². The lowest BCUT2D eigenvalue weighted by Gasteiger charge is -2.09. The van der Waals surface area contributed by atoms with Crippen LogP contribution in [0.5, 0.6) is 0 Å². The van der Waals surface area contributed by atoms with Crippen LogP contribution in [0.2, 0.25) is 5.15 Å². The first-order valence-corrected chi connectivity index (χ1v) is 10.3. The number of sulfonamides is 1. The highest BCUT2D eigenvalue weighted by atomic mass is 35.5. The van der Waals surface area contributed by atoms with Crippen molar-refractivity contribution in [3.63, 3.8) is 0 Å². The van der Waals surface area contributed by atoms with Crippen LogP contribution in [0.4, 0.5) is 11.5 Å². The number of hydrogen-bond donors (Lipinski definition) is 2. The van der Waals surface area contributed by atoms with Gasteiger partial charge in [0, 0.05) is 11.3 Å². The Kier molecular flexibility index (Phi) is 6.28. The number of nitrogens with zero attached hydrogens (tertiary/aromatic N) is 2. The van der Waals surface area contributed by atoms with Gasteiger partial charge in [0.1, 0.15) is 0 Å². The first-order valence-electron chi connectivity index (χ1n) is 8.40. The summed E-state index contributed by atoms with van der Waals surface area (Å²) in [7, 11) is -2.65. The molecule has 2 N–H and O–H groups in total. The van der Waals surface area contributed by atoms with Gasteiger partial charge in [-0.3, -0.25) is 9.52 Å². The molecule has 0 aliphatic carbocycles. The summed E-state index contributed by atoms with van der Waals surface area (Å²) in [6, 6.07) is 14.3. The lowest BCUT2D eigenvalue weighted by Crippen LogP contribution is -2.15. The molecule has 1 amide bonds. The fourth-order valence-electron chi connectivity index (χ4n) is 2.39. The Balaban J connectivity index is 1.71. The van der Waals surface area contributed by atoms with Crippen LogP contribution in [0.1, 0.15) is 20.7 Å². The number of methoxy groups -OCH3 is 1. The average molecular weight is 447 g/mol. The number of esters is 1. The maximum atomic E-state index is 12.4. The Morgan fingerprint density at radius 2 is 1.67 bits per heavy atom. The zero-order chi connectivity index (χ0) is 21.7. The lowest BCUT2D eigenvalue weighted by atomic mass is 10.1. The Labute approximate surface area is 177 Å².